The summed E-state index contributed by atoms with van der Waals surface area (Å²) in [6.07, 6.45) is 7.98. The molecule has 0 heterocycles. The molecule has 126 valence electrons. The van der Waals surface area contributed by atoms with Crippen LogP contribution in [0.3, 0.4) is 0 Å². The predicted molar refractivity (Wildman–Crippen MR) is 85.4 cm³/mol. The number of fused-ring (bicyclic) bond motifs is 1. The van der Waals surface area contributed by atoms with Gasteiger partial charge in [0.2, 0.25) is 0 Å². The van der Waals surface area contributed by atoms with Gasteiger partial charge in [-0.1, -0.05) is 20.3 Å². The SMILES string of the molecule is COC(=O)C1CCCC2(C)C1CCC13CC4C(C(=O)C12)C4(C)C3. The van der Waals surface area contributed by atoms with Gasteiger partial charge in [-0.2, -0.15) is 0 Å². The number of carbonyl (C=O) groups excluding carboxylic acids is 2. The van der Waals surface area contributed by atoms with Gasteiger partial charge >= 0.3 is 5.97 Å². The van der Waals surface area contributed by atoms with Gasteiger partial charge in [0.1, 0.15) is 5.78 Å². The smallest absolute Gasteiger partial charge is 0.308 e. The van der Waals surface area contributed by atoms with E-state index in [2.05, 4.69) is 13.8 Å². The van der Waals surface area contributed by atoms with Gasteiger partial charge in [0.25, 0.3) is 0 Å². The highest BCUT2D eigenvalue weighted by molar-refractivity contribution is 5.92. The molecule has 0 aromatic carbocycles. The maximum absolute atomic E-state index is 13.3. The molecule has 3 heteroatoms. The number of esters is 1. The summed E-state index contributed by atoms with van der Waals surface area (Å²) < 4.78 is 5.10. The lowest BCUT2D eigenvalue weighted by Crippen LogP contribution is -2.60. The lowest BCUT2D eigenvalue weighted by molar-refractivity contribution is -0.177. The lowest BCUT2D eigenvalue weighted by atomic mass is 9.41. The average molecular weight is 316 g/mol. The minimum absolute atomic E-state index is 0.0206. The molecular weight excluding hydrogens is 288 g/mol. The van der Waals surface area contributed by atoms with Gasteiger partial charge in [-0.05, 0) is 66.6 Å². The number of hydrogen-bond acceptors (Lipinski definition) is 3. The molecule has 0 saturated heterocycles. The van der Waals surface area contributed by atoms with E-state index in [9.17, 15) is 9.59 Å². The number of carbonyl (C=O) groups is 2. The molecule has 6 fully saturated rings. The van der Waals surface area contributed by atoms with Crippen LogP contribution < -0.4 is 0 Å². The zero-order valence-electron chi connectivity index (χ0n) is 14.6. The molecule has 4 bridgehead atoms. The molecule has 0 radical (unpaired) electrons. The molecule has 0 aliphatic heterocycles. The third kappa shape index (κ3) is 1.45. The number of hydrogen-bond donors (Lipinski definition) is 0. The Balaban J connectivity index is 1.56. The van der Waals surface area contributed by atoms with Gasteiger partial charge in [-0.3, -0.25) is 9.59 Å². The first-order valence-electron chi connectivity index (χ1n) is 9.49. The van der Waals surface area contributed by atoms with Gasteiger partial charge in [-0.15, -0.1) is 0 Å². The number of ketones is 1. The van der Waals surface area contributed by atoms with Crippen LogP contribution in [-0.4, -0.2) is 18.9 Å². The second-order valence-corrected chi connectivity index (χ2v) is 9.84. The fourth-order valence-corrected chi connectivity index (χ4v) is 8.42. The molecule has 0 aromatic rings. The predicted octanol–water partition coefficient (Wildman–Crippen LogP) is 3.61. The maximum Gasteiger partial charge on any atom is 0.308 e. The van der Waals surface area contributed by atoms with Crippen LogP contribution in [-0.2, 0) is 14.3 Å². The first kappa shape index (κ1) is 14.5. The normalized spacial score (nSPS) is 59.1. The summed E-state index contributed by atoms with van der Waals surface area (Å²) in [6, 6.07) is 0. The van der Waals surface area contributed by atoms with Crippen LogP contribution in [0.1, 0.15) is 58.8 Å². The molecule has 6 aliphatic rings. The Morgan fingerprint density at radius 1 is 1.13 bits per heavy atom. The van der Waals surface area contributed by atoms with Crippen LogP contribution in [0.4, 0.5) is 0 Å². The zero-order chi connectivity index (χ0) is 16.2. The summed E-state index contributed by atoms with van der Waals surface area (Å²) in [5.74, 6) is 2.17. The van der Waals surface area contributed by atoms with Gasteiger partial charge in [0.15, 0.2) is 0 Å². The molecule has 23 heavy (non-hydrogen) atoms. The van der Waals surface area contributed by atoms with Gasteiger partial charge in [-0.25, -0.2) is 0 Å². The van der Waals surface area contributed by atoms with E-state index in [0.29, 0.717) is 29.0 Å². The molecule has 6 saturated carbocycles. The molecule has 6 aliphatic carbocycles. The van der Waals surface area contributed by atoms with Crippen molar-refractivity contribution in [1.29, 1.82) is 0 Å². The van der Waals surface area contributed by atoms with E-state index in [-0.39, 0.29) is 28.6 Å². The van der Waals surface area contributed by atoms with Crippen molar-refractivity contribution in [3.63, 3.8) is 0 Å². The Hall–Kier alpha value is -0.860. The van der Waals surface area contributed by atoms with Crippen LogP contribution in [0.5, 0.6) is 0 Å². The van der Waals surface area contributed by atoms with E-state index < -0.39 is 0 Å². The Morgan fingerprint density at radius 3 is 2.57 bits per heavy atom. The third-order valence-corrected chi connectivity index (χ3v) is 9.09. The first-order valence-corrected chi connectivity index (χ1v) is 9.49. The molecule has 3 nitrogen and oxygen atoms in total. The van der Waals surface area contributed by atoms with Crippen LogP contribution in [0.15, 0.2) is 0 Å². The molecule has 8 atom stereocenters. The number of Topliss-reactive ketones (excluding diaryl/α,β-unsaturated/α-hetero) is 1. The number of ether oxygens (including phenoxy) is 1. The van der Waals surface area contributed by atoms with E-state index in [4.69, 9.17) is 4.74 Å². The standard InChI is InChI=1S/C20H28O3/c1-18-7-4-5-11(17(22)23-3)12(18)6-8-20-9-13-14(15(21)16(18)20)19(13,2)10-20/h11-14,16H,4-10H2,1-3H3. The van der Waals surface area contributed by atoms with E-state index >= 15 is 0 Å². The summed E-state index contributed by atoms with van der Waals surface area (Å²) in [4.78, 5) is 25.6. The fraction of sp³-hybridized carbons (Fsp3) is 0.900. The Labute approximate surface area is 138 Å². The highest BCUT2D eigenvalue weighted by atomic mass is 16.5. The second-order valence-electron chi connectivity index (χ2n) is 9.84. The van der Waals surface area contributed by atoms with Crippen LogP contribution in [0, 0.1) is 45.8 Å². The summed E-state index contributed by atoms with van der Waals surface area (Å²) >= 11 is 0. The van der Waals surface area contributed by atoms with E-state index in [0.717, 1.165) is 32.1 Å². The minimum atomic E-state index is -0.0390. The van der Waals surface area contributed by atoms with Crippen LogP contribution in [0.2, 0.25) is 0 Å². The van der Waals surface area contributed by atoms with E-state index in [1.54, 1.807) is 0 Å². The average Bonchev–Trinajstić information content (AvgIpc) is 2.98. The second kappa shape index (κ2) is 4.03. The Kier molecular flexibility index (Phi) is 2.54. The highest BCUT2D eigenvalue weighted by Crippen LogP contribution is 2.84. The Morgan fingerprint density at radius 2 is 1.91 bits per heavy atom. The van der Waals surface area contributed by atoms with Crippen molar-refractivity contribution in [3.05, 3.63) is 0 Å². The minimum Gasteiger partial charge on any atom is -0.469 e. The summed E-state index contributed by atoms with van der Waals surface area (Å²) in [5.41, 5.74) is 0.642. The van der Waals surface area contributed by atoms with Crippen molar-refractivity contribution >= 4 is 11.8 Å². The topological polar surface area (TPSA) is 43.4 Å². The molecule has 0 amide bonds. The van der Waals surface area contributed by atoms with Crippen molar-refractivity contribution in [3.8, 4) is 0 Å². The largest absolute Gasteiger partial charge is 0.469 e. The van der Waals surface area contributed by atoms with Crippen LogP contribution in [0.25, 0.3) is 0 Å². The van der Waals surface area contributed by atoms with E-state index in [1.807, 2.05) is 0 Å². The van der Waals surface area contributed by atoms with Crippen molar-refractivity contribution in [2.45, 2.75) is 58.8 Å². The molecule has 0 aromatic heterocycles. The maximum atomic E-state index is 13.3. The van der Waals surface area contributed by atoms with Gasteiger partial charge in [0, 0.05) is 11.8 Å². The van der Waals surface area contributed by atoms with Gasteiger partial charge < -0.3 is 4.74 Å². The van der Waals surface area contributed by atoms with Crippen molar-refractivity contribution in [2.24, 2.45) is 45.8 Å². The lowest BCUT2D eigenvalue weighted by Gasteiger charge is -2.62. The summed E-state index contributed by atoms with van der Waals surface area (Å²) in [7, 11) is 1.51. The highest BCUT2D eigenvalue weighted by Gasteiger charge is 2.81. The fourth-order valence-electron chi connectivity index (χ4n) is 8.42. The van der Waals surface area contributed by atoms with Crippen molar-refractivity contribution in [1.82, 2.24) is 0 Å². The third-order valence-electron chi connectivity index (χ3n) is 9.09. The molecule has 1 spiro atoms. The molecular formula is C20H28O3. The first-order chi connectivity index (χ1) is 10.9. The number of rotatable bonds is 1. The van der Waals surface area contributed by atoms with Crippen molar-refractivity contribution in [2.75, 3.05) is 7.11 Å². The van der Waals surface area contributed by atoms with Gasteiger partial charge in [0.05, 0.1) is 13.0 Å². The molecule has 6 rings (SSSR count). The summed E-state index contributed by atoms with van der Waals surface area (Å²) in [6.45, 7) is 4.70. The molecule has 0 N–H and O–H groups in total. The number of methoxy groups -OCH3 is 1. The molecule has 8 unspecified atom stereocenters. The van der Waals surface area contributed by atoms with Crippen LogP contribution >= 0.6 is 0 Å². The zero-order valence-corrected chi connectivity index (χ0v) is 14.6. The van der Waals surface area contributed by atoms with Crippen molar-refractivity contribution < 1.29 is 14.3 Å². The Bertz CT molecular complexity index is 612. The quantitative estimate of drug-likeness (QED) is 0.694. The summed E-state index contributed by atoms with van der Waals surface area (Å²) in [5, 5.41) is 0. The monoisotopic (exact) mass is 316 g/mol. The van der Waals surface area contributed by atoms with E-state index in [1.165, 1.54) is 20.0 Å².